The molecular formula is C32H25FN4O3S2. The maximum atomic E-state index is 14.1. The van der Waals surface area contributed by atoms with Crippen molar-refractivity contribution in [2.75, 3.05) is 13.4 Å². The summed E-state index contributed by atoms with van der Waals surface area (Å²) in [4.78, 5) is 33.2. The van der Waals surface area contributed by atoms with E-state index in [4.69, 9.17) is 9.84 Å². The van der Waals surface area contributed by atoms with Crippen molar-refractivity contribution in [1.29, 1.82) is 0 Å². The Labute approximate surface area is 248 Å². The first-order valence-corrected chi connectivity index (χ1v) is 15.1. The highest BCUT2D eigenvalue weighted by Crippen LogP contribution is 2.32. The van der Waals surface area contributed by atoms with Crippen molar-refractivity contribution < 1.29 is 13.9 Å². The Kier molecular flexibility index (Phi) is 7.49. The molecule has 0 spiro atoms. The minimum atomic E-state index is -0.699. The summed E-state index contributed by atoms with van der Waals surface area (Å²) < 4.78 is 22.6. The van der Waals surface area contributed by atoms with Gasteiger partial charge >= 0.3 is 5.97 Å². The first-order chi connectivity index (χ1) is 20.4. The number of hydrogen-bond donors (Lipinski definition) is 0. The summed E-state index contributed by atoms with van der Waals surface area (Å²) >= 11 is 2.85. The molecule has 1 aliphatic heterocycles. The van der Waals surface area contributed by atoms with Crippen LogP contribution in [0.25, 0.3) is 23.0 Å². The van der Waals surface area contributed by atoms with Crippen LogP contribution in [0.15, 0.2) is 111 Å². The molecule has 0 saturated carbocycles. The molecule has 3 heterocycles. The molecule has 3 aromatic carbocycles. The van der Waals surface area contributed by atoms with Gasteiger partial charge in [0.05, 0.1) is 34.6 Å². The number of benzene rings is 3. The standard InChI is InChI=1S/C32H25FN4O3S2/c1-19-27(31(39)40-2)29(21-11-15-25(41-3)16-12-21)37-30(38)26(42-32(37)34-19)17-22-18-36(24-7-5-4-6-8-24)35-28(22)20-9-13-23(33)14-10-20/h4-18,29H,1-3H3. The number of thioether (sulfide) groups is 1. The van der Waals surface area contributed by atoms with Gasteiger partial charge in [-0.2, -0.15) is 5.10 Å². The van der Waals surface area contributed by atoms with E-state index in [1.54, 1.807) is 46.1 Å². The molecule has 0 fully saturated rings. The molecule has 0 N–H and O–H groups in total. The molecule has 10 heteroatoms. The number of nitrogens with zero attached hydrogens (tertiary/aromatic N) is 4. The van der Waals surface area contributed by atoms with Crippen LogP contribution < -0.4 is 14.9 Å². The summed E-state index contributed by atoms with van der Waals surface area (Å²) in [6.07, 6.45) is 5.61. The van der Waals surface area contributed by atoms with Crippen LogP contribution in [-0.2, 0) is 9.53 Å². The minimum absolute atomic E-state index is 0.288. The number of allylic oxidation sites excluding steroid dienone is 1. The van der Waals surface area contributed by atoms with Crippen LogP contribution in [0, 0.1) is 5.82 Å². The number of ether oxygens (including phenoxy) is 1. The fourth-order valence-corrected chi connectivity index (χ4v) is 6.42. The van der Waals surface area contributed by atoms with Crippen molar-refractivity contribution in [2.24, 2.45) is 4.99 Å². The smallest absolute Gasteiger partial charge is 0.338 e. The lowest BCUT2D eigenvalue weighted by molar-refractivity contribution is -0.136. The van der Waals surface area contributed by atoms with Crippen LogP contribution in [-0.4, -0.2) is 33.7 Å². The second kappa shape index (κ2) is 11.4. The zero-order chi connectivity index (χ0) is 29.4. The van der Waals surface area contributed by atoms with Crippen LogP contribution in [0.1, 0.15) is 24.1 Å². The van der Waals surface area contributed by atoms with Gasteiger partial charge in [0.2, 0.25) is 0 Å². The first kappa shape index (κ1) is 27.6. The predicted octanol–water partition coefficient (Wildman–Crippen LogP) is 5.12. The van der Waals surface area contributed by atoms with Gasteiger partial charge in [-0.05, 0) is 73.3 Å². The molecule has 42 heavy (non-hydrogen) atoms. The molecule has 0 amide bonds. The van der Waals surface area contributed by atoms with Gasteiger partial charge in [-0.1, -0.05) is 41.7 Å². The van der Waals surface area contributed by atoms with Crippen molar-refractivity contribution in [1.82, 2.24) is 14.3 Å². The Morgan fingerprint density at radius 3 is 2.43 bits per heavy atom. The summed E-state index contributed by atoms with van der Waals surface area (Å²) in [5, 5.41) is 4.79. The monoisotopic (exact) mass is 596 g/mol. The highest BCUT2D eigenvalue weighted by atomic mass is 32.2. The van der Waals surface area contributed by atoms with Gasteiger partial charge in [0.25, 0.3) is 5.56 Å². The minimum Gasteiger partial charge on any atom is -0.466 e. The van der Waals surface area contributed by atoms with Gasteiger partial charge in [-0.25, -0.2) is 18.9 Å². The van der Waals surface area contributed by atoms with E-state index in [1.165, 1.54) is 30.6 Å². The lowest BCUT2D eigenvalue weighted by atomic mass is 9.96. The third kappa shape index (κ3) is 5.03. The normalized spacial score (nSPS) is 15.0. The van der Waals surface area contributed by atoms with Gasteiger partial charge < -0.3 is 4.74 Å². The zero-order valence-corrected chi connectivity index (χ0v) is 24.6. The average Bonchev–Trinajstić information content (AvgIpc) is 3.57. The van der Waals surface area contributed by atoms with E-state index in [9.17, 15) is 14.0 Å². The number of esters is 1. The molecule has 6 rings (SSSR count). The lowest BCUT2D eigenvalue weighted by Crippen LogP contribution is -2.39. The van der Waals surface area contributed by atoms with E-state index in [0.717, 1.165) is 16.1 Å². The van der Waals surface area contributed by atoms with Crippen molar-refractivity contribution >= 4 is 35.1 Å². The maximum Gasteiger partial charge on any atom is 0.338 e. The van der Waals surface area contributed by atoms with Gasteiger partial charge in [-0.3, -0.25) is 9.36 Å². The van der Waals surface area contributed by atoms with Crippen LogP contribution in [0.5, 0.6) is 0 Å². The summed E-state index contributed by atoms with van der Waals surface area (Å²) in [5.41, 5.74) is 4.13. The Morgan fingerprint density at radius 2 is 1.76 bits per heavy atom. The molecule has 0 aliphatic carbocycles. The molecule has 0 radical (unpaired) electrons. The fourth-order valence-electron chi connectivity index (χ4n) is 4.97. The number of hydrogen-bond acceptors (Lipinski definition) is 7. The molecular weight excluding hydrogens is 572 g/mol. The molecule has 1 atom stereocenters. The van der Waals surface area contributed by atoms with E-state index in [2.05, 4.69) is 4.99 Å². The Bertz CT molecular complexity index is 2010. The maximum absolute atomic E-state index is 14.1. The zero-order valence-electron chi connectivity index (χ0n) is 22.9. The number of para-hydroxylation sites is 1. The van der Waals surface area contributed by atoms with Crippen LogP contribution >= 0.6 is 23.1 Å². The molecule has 7 nitrogen and oxygen atoms in total. The lowest BCUT2D eigenvalue weighted by Gasteiger charge is -2.24. The average molecular weight is 597 g/mol. The molecule has 210 valence electrons. The van der Waals surface area contributed by atoms with Crippen molar-refractivity contribution in [3.05, 3.63) is 133 Å². The van der Waals surface area contributed by atoms with Gasteiger partial charge in [0.15, 0.2) is 4.80 Å². The summed E-state index contributed by atoms with van der Waals surface area (Å²) in [6.45, 7) is 1.75. The van der Waals surface area contributed by atoms with E-state index < -0.39 is 12.0 Å². The largest absolute Gasteiger partial charge is 0.466 e. The van der Waals surface area contributed by atoms with Gasteiger partial charge in [0, 0.05) is 22.2 Å². The first-order valence-electron chi connectivity index (χ1n) is 13.0. The quantitative estimate of drug-likeness (QED) is 0.201. The SMILES string of the molecule is COC(=O)C1=C(C)N=c2sc(=Cc3cn(-c4ccccc4)nc3-c3ccc(F)cc3)c(=O)n2C1c1ccc(SC)cc1. The van der Waals surface area contributed by atoms with E-state index in [-0.39, 0.29) is 11.4 Å². The molecule has 0 saturated heterocycles. The number of rotatable bonds is 6. The second-order valence-electron chi connectivity index (χ2n) is 9.57. The van der Waals surface area contributed by atoms with E-state index >= 15 is 0 Å². The van der Waals surface area contributed by atoms with Crippen molar-refractivity contribution in [3.63, 3.8) is 0 Å². The molecule has 5 aromatic rings. The number of carbonyl (C=O) groups is 1. The van der Waals surface area contributed by atoms with Crippen LogP contribution in [0.2, 0.25) is 0 Å². The van der Waals surface area contributed by atoms with E-state index in [0.29, 0.717) is 37.4 Å². The third-order valence-corrected chi connectivity index (χ3v) is 8.75. The van der Waals surface area contributed by atoms with Crippen LogP contribution in [0.4, 0.5) is 4.39 Å². The number of methoxy groups -OCH3 is 1. The number of thiazole rings is 1. The van der Waals surface area contributed by atoms with Gasteiger partial charge in [0.1, 0.15) is 11.5 Å². The molecule has 1 aliphatic rings. The Balaban J connectivity index is 1.56. The van der Waals surface area contributed by atoms with E-state index in [1.807, 2.05) is 67.0 Å². The Morgan fingerprint density at radius 1 is 1.05 bits per heavy atom. The van der Waals surface area contributed by atoms with Gasteiger partial charge in [-0.15, -0.1) is 11.8 Å². The summed E-state index contributed by atoms with van der Waals surface area (Å²) in [5.74, 6) is -0.884. The number of aromatic nitrogens is 3. The summed E-state index contributed by atoms with van der Waals surface area (Å²) in [6, 6.07) is 22.8. The summed E-state index contributed by atoms with van der Waals surface area (Å²) in [7, 11) is 1.32. The fraction of sp³-hybridized carbons (Fsp3) is 0.125. The highest BCUT2D eigenvalue weighted by Gasteiger charge is 2.33. The second-order valence-corrected chi connectivity index (χ2v) is 11.5. The number of halogens is 1. The molecule has 2 aromatic heterocycles. The molecule has 0 bridgehead atoms. The predicted molar refractivity (Wildman–Crippen MR) is 163 cm³/mol. The van der Waals surface area contributed by atoms with Crippen molar-refractivity contribution in [2.45, 2.75) is 17.9 Å². The Hall–Kier alpha value is -4.54. The third-order valence-electron chi connectivity index (χ3n) is 7.03. The highest BCUT2D eigenvalue weighted by molar-refractivity contribution is 7.98. The number of carbonyl (C=O) groups excluding carboxylic acids is 1. The van der Waals surface area contributed by atoms with Crippen molar-refractivity contribution in [3.8, 4) is 16.9 Å². The molecule has 1 unspecified atom stereocenters. The van der Waals surface area contributed by atoms with Crippen LogP contribution in [0.3, 0.4) is 0 Å². The number of fused-ring (bicyclic) bond motifs is 1. The topological polar surface area (TPSA) is 78.5 Å².